The third-order valence-corrected chi connectivity index (χ3v) is 4.92. The molecule has 0 spiro atoms. The van der Waals surface area contributed by atoms with Gasteiger partial charge in [0.25, 0.3) is 0 Å². The Labute approximate surface area is 143 Å². The normalized spacial score (nSPS) is 18.1. The van der Waals surface area contributed by atoms with Gasteiger partial charge in [-0.15, -0.1) is 5.54 Å². The van der Waals surface area contributed by atoms with Gasteiger partial charge in [-0.2, -0.15) is 17.6 Å². The number of hydrogen-bond acceptors (Lipinski definition) is 3. The zero-order valence-electron chi connectivity index (χ0n) is 14.4. The maximum Gasteiger partial charge on any atom is 0.408 e. The summed E-state index contributed by atoms with van der Waals surface area (Å²) in [5.41, 5.74) is 3.93. The summed E-state index contributed by atoms with van der Waals surface area (Å²) in [6, 6.07) is -1.62. The van der Waals surface area contributed by atoms with Crippen molar-refractivity contribution in [1.82, 2.24) is 14.4 Å². The van der Waals surface area contributed by atoms with Gasteiger partial charge < -0.3 is 4.90 Å². The lowest BCUT2D eigenvalue weighted by molar-refractivity contribution is -0.159. The van der Waals surface area contributed by atoms with Gasteiger partial charge in [-0.3, -0.25) is 4.40 Å². The highest BCUT2D eigenvalue weighted by Crippen LogP contribution is 2.38. The smallest absolute Gasteiger partial charge is 0.341 e. The van der Waals surface area contributed by atoms with Gasteiger partial charge in [0.1, 0.15) is 19.8 Å². The highest BCUT2D eigenvalue weighted by atomic mass is 28.3. The van der Waals surface area contributed by atoms with Crippen LogP contribution in [0, 0.1) is 24.3 Å². The first-order chi connectivity index (χ1) is 11.5. The van der Waals surface area contributed by atoms with E-state index in [1.165, 1.54) is 4.40 Å². The lowest BCUT2D eigenvalue weighted by Gasteiger charge is -2.42. The molecule has 3 rings (SSSR count). The van der Waals surface area contributed by atoms with Gasteiger partial charge in [-0.05, 0) is 13.3 Å². The summed E-state index contributed by atoms with van der Waals surface area (Å²) in [6.07, 6.45) is -3.38. The van der Waals surface area contributed by atoms with Gasteiger partial charge in [0, 0.05) is 6.54 Å². The van der Waals surface area contributed by atoms with Crippen molar-refractivity contribution in [2.45, 2.75) is 45.2 Å². The van der Waals surface area contributed by atoms with E-state index >= 15 is 0 Å². The van der Waals surface area contributed by atoms with Crippen LogP contribution in [-0.4, -0.2) is 41.2 Å². The fourth-order valence-corrected chi connectivity index (χ4v) is 3.18. The van der Waals surface area contributed by atoms with Gasteiger partial charge in [-0.1, -0.05) is 25.6 Å². The Morgan fingerprint density at radius 3 is 2.48 bits per heavy atom. The van der Waals surface area contributed by atoms with Crippen LogP contribution in [0.3, 0.4) is 0 Å². The molecule has 0 saturated carbocycles. The Hall–Kier alpha value is -2.08. The summed E-state index contributed by atoms with van der Waals surface area (Å²) in [5.74, 6) is 2.32. The number of hydrogen-bond donors (Lipinski definition) is 0. The predicted octanol–water partition coefficient (Wildman–Crippen LogP) is 3.55. The molecule has 3 heterocycles. The largest absolute Gasteiger partial charge is 0.408 e. The molecule has 2 aromatic rings. The lowest BCUT2D eigenvalue weighted by atomic mass is 10.0. The minimum Gasteiger partial charge on any atom is -0.341 e. The van der Waals surface area contributed by atoms with Crippen LogP contribution in [-0.2, 0) is 0 Å². The summed E-state index contributed by atoms with van der Waals surface area (Å²) in [6.45, 7) is 7.97. The quantitative estimate of drug-likeness (QED) is 0.437. The third kappa shape index (κ3) is 3.23. The first-order valence-corrected chi connectivity index (χ1v) is 11.4. The number of fused-ring (bicyclic) bond motifs is 1. The second-order valence-corrected chi connectivity index (χ2v) is 11.9. The van der Waals surface area contributed by atoms with Crippen LogP contribution in [0.25, 0.3) is 5.65 Å². The van der Waals surface area contributed by atoms with Gasteiger partial charge in [0.2, 0.25) is 5.95 Å². The van der Waals surface area contributed by atoms with Gasteiger partial charge in [-0.25, -0.2) is 9.97 Å². The monoisotopic (exact) mass is 370 g/mol. The first-order valence-electron chi connectivity index (χ1n) is 7.89. The molecule has 2 aromatic heterocycles. The molecule has 4 nitrogen and oxygen atoms in total. The Bertz CT molecular complexity index is 886. The van der Waals surface area contributed by atoms with Crippen molar-refractivity contribution in [3.63, 3.8) is 0 Å². The maximum absolute atomic E-state index is 14.2. The Kier molecular flexibility index (Phi) is 4.06. The standard InChI is InChI=1S/C16H18F4N4Si/c1-10-11(6-8-25(2,3)4)22-15(14-21-9-13(17)24(10)14)23-7-5-12(23)16(18,19)20/h9,12H,5,7H2,1-4H3/t12-/m1/s1. The second-order valence-electron chi connectivity index (χ2n) is 7.15. The van der Waals surface area contributed by atoms with Crippen molar-refractivity contribution in [2.24, 2.45) is 0 Å². The van der Waals surface area contributed by atoms with Crippen molar-refractivity contribution >= 4 is 19.5 Å². The molecule has 0 amide bonds. The number of alkyl halides is 3. The van der Waals surface area contributed by atoms with Crippen molar-refractivity contribution in [2.75, 3.05) is 11.4 Å². The van der Waals surface area contributed by atoms with Gasteiger partial charge >= 0.3 is 6.18 Å². The molecule has 1 aliphatic rings. The molecule has 25 heavy (non-hydrogen) atoms. The molecule has 134 valence electrons. The van der Waals surface area contributed by atoms with Crippen LogP contribution in [0.4, 0.5) is 23.4 Å². The SMILES string of the molecule is Cc1c(C#C[Si](C)(C)C)nc(N2CC[C@@H]2C(F)(F)F)c2ncc(F)n12. The molecule has 0 aliphatic carbocycles. The number of nitrogens with zero attached hydrogens (tertiary/aromatic N) is 4. The van der Waals surface area contributed by atoms with E-state index < -0.39 is 26.2 Å². The fraction of sp³-hybridized carbons (Fsp3) is 0.500. The van der Waals surface area contributed by atoms with Crippen molar-refractivity contribution < 1.29 is 17.6 Å². The number of anilines is 1. The Balaban J connectivity index is 2.18. The van der Waals surface area contributed by atoms with Crippen LogP contribution in [0.1, 0.15) is 17.8 Å². The molecule has 0 aromatic carbocycles. The summed E-state index contributed by atoms with van der Waals surface area (Å²) >= 11 is 0. The Morgan fingerprint density at radius 2 is 1.96 bits per heavy atom. The summed E-state index contributed by atoms with van der Waals surface area (Å²) in [5, 5.41) is 0. The maximum atomic E-state index is 14.2. The minimum absolute atomic E-state index is 0.00960. The van der Waals surface area contributed by atoms with Crippen molar-refractivity contribution in [3.8, 4) is 11.5 Å². The number of aromatic nitrogens is 3. The molecular weight excluding hydrogens is 352 g/mol. The molecule has 1 aliphatic heterocycles. The highest BCUT2D eigenvalue weighted by Gasteiger charge is 2.50. The summed E-state index contributed by atoms with van der Waals surface area (Å²) in [7, 11) is -1.72. The highest BCUT2D eigenvalue weighted by molar-refractivity contribution is 6.83. The lowest BCUT2D eigenvalue weighted by Crippen LogP contribution is -2.56. The molecule has 0 N–H and O–H groups in total. The molecule has 0 bridgehead atoms. The molecule has 1 atom stereocenters. The summed E-state index contributed by atoms with van der Waals surface area (Å²) < 4.78 is 54.7. The average Bonchev–Trinajstić information content (AvgIpc) is 2.78. The third-order valence-electron chi connectivity index (χ3n) is 4.04. The topological polar surface area (TPSA) is 33.4 Å². The first kappa shape index (κ1) is 17.7. The van der Waals surface area contributed by atoms with Crippen LogP contribution >= 0.6 is 0 Å². The number of halogens is 4. The van der Waals surface area contributed by atoms with E-state index in [2.05, 4.69) is 21.4 Å². The van der Waals surface area contributed by atoms with E-state index in [0.29, 0.717) is 5.69 Å². The molecule has 9 heteroatoms. The number of imidazole rings is 1. The van der Waals surface area contributed by atoms with Crippen LogP contribution in [0.5, 0.6) is 0 Å². The van der Waals surface area contributed by atoms with E-state index in [9.17, 15) is 17.6 Å². The van der Waals surface area contributed by atoms with E-state index in [0.717, 1.165) is 11.1 Å². The van der Waals surface area contributed by atoms with Crippen molar-refractivity contribution in [3.05, 3.63) is 23.5 Å². The van der Waals surface area contributed by atoms with Gasteiger partial charge in [0.05, 0.1) is 11.9 Å². The minimum atomic E-state index is -4.36. The van der Waals surface area contributed by atoms with Crippen LogP contribution in [0.2, 0.25) is 19.6 Å². The molecule has 1 fully saturated rings. The second kappa shape index (κ2) is 5.73. The van der Waals surface area contributed by atoms with Crippen molar-refractivity contribution in [1.29, 1.82) is 0 Å². The summed E-state index contributed by atoms with van der Waals surface area (Å²) in [4.78, 5) is 9.38. The van der Waals surface area contributed by atoms with E-state index in [4.69, 9.17) is 0 Å². The van der Waals surface area contributed by atoms with E-state index in [1.54, 1.807) is 6.92 Å². The average molecular weight is 370 g/mol. The predicted molar refractivity (Wildman–Crippen MR) is 89.7 cm³/mol. The molecule has 0 radical (unpaired) electrons. The fourth-order valence-electron chi connectivity index (χ4n) is 2.69. The zero-order chi connectivity index (χ0) is 18.6. The van der Waals surface area contributed by atoms with Gasteiger partial charge in [0.15, 0.2) is 11.5 Å². The van der Waals surface area contributed by atoms with Crippen LogP contribution in [0.15, 0.2) is 6.20 Å². The Morgan fingerprint density at radius 1 is 1.28 bits per heavy atom. The molecule has 0 unspecified atom stereocenters. The van der Waals surface area contributed by atoms with E-state index in [-0.39, 0.29) is 30.1 Å². The van der Waals surface area contributed by atoms with E-state index in [1.807, 2.05) is 19.6 Å². The number of rotatable bonds is 1. The molecular formula is C16H18F4N4Si. The molecule has 1 saturated heterocycles. The number of aryl methyl sites for hydroxylation is 1. The van der Waals surface area contributed by atoms with Crippen LogP contribution < -0.4 is 4.90 Å². The zero-order valence-corrected chi connectivity index (χ0v) is 15.4.